The SMILES string of the molecule is C[C@@H](Nc1ccccc1F)N(C)C. The van der Waals surface area contributed by atoms with E-state index < -0.39 is 0 Å². The number of halogens is 1. The van der Waals surface area contributed by atoms with E-state index in [0.29, 0.717) is 5.69 Å². The lowest BCUT2D eigenvalue weighted by Gasteiger charge is -2.22. The van der Waals surface area contributed by atoms with Crippen molar-refractivity contribution in [1.82, 2.24) is 4.90 Å². The van der Waals surface area contributed by atoms with E-state index in [1.54, 1.807) is 12.1 Å². The van der Waals surface area contributed by atoms with Crippen LogP contribution in [0.25, 0.3) is 0 Å². The summed E-state index contributed by atoms with van der Waals surface area (Å²) in [5, 5.41) is 3.06. The molecule has 0 amide bonds. The minimum Gasteiger partial charge on any atom is -0.368 e. The number of nitrogens with zero attached hydrogens (tertiary/aromatic N) is 1. The van der Waals surface area contributed by atoms with Gasteiger partial charge in [-0.1, -0.05) is 12.1 Å². The summed E-state index contributed by atoms with van der Waals surface area (Å²) in [6, 6.07) is 6.68. The summed E-state index contributed by atoms with van der Waals surface area (Å²) in [6.45, 7) is 1.98. The molecule has 72 valence electrons. The summed E-state index contributed by atoms with van der Waals surface area (Å²) in [4.78, 5) is 1.98. The van der Waals surface area contributed by atoms with Crippen molar-refractivity contribution in [2.75, 3.05) is 19.4 Å². The van der Waals surface area contributed by atoms with Crippen molar-refractivity contribution in [3.63, 3.8) is 0 Å². The molecule has 1 aromatic carbocycles. The summed E-state index contributed by atoms with van der Waals surface area (Å²) < 4.78 is 13.1. The number of para-hydroxylation sites is 1. The molecule has 0 aromatic heterocycles. The van der Waals surface area contributed by atoms with Gasteiger partial charge in [-0.25, -0.2) is 4.39 Å². The molecule has 1 rings (SSSR count). The van der Waals surface area contributed by atoms with E-state index in [4.69, 9.17) is 0 Å². The molecule has 0 aliphatic carbocycles. The Labute approximate surface area is 78.4 Å². The van der Waals surface area contributed by atoms with Gasteiger partial charge in [0.25, 0.3) is 0 Å². The van der Waals surface area contributed by atoms with E-state index >= 15 is 0 Å². The van der Waals surface area contributed by atoms with Crippen molar-refractivity contribution >= 4 is 5.69 Å². The highest BCUT2D eigenvalue weighted by atomic mass is 19.1. The minimum atomic E-state index is -0.212. The van der Waals surface area contributed by atoms with Gasteiger partial charge in [0.2, 0.25) is 0 Å². The molecule has 1 N–H and O–H groups in total. The fraction of sp³-hybridized carbons (Fsp3) is 0.400. The number of hydrogen-bond donors (Lipinski definition) is 1. The van der Waals surface area contributed by atoms with Crippen molar-refractivity contribution in [2.45, 2.75) is 13.1 Å². The molecule has 0 saturated heterocycles. The average Bonchev–Trinajstić information content (AvgIpc) is 2.08. The molecular weight excluding hydrogens is 167 g/mol. The second-order valence-corrected chi connectivity index (χ2v) is 3.26. The summed E-state index contributed by atoms with van der Waals surface area (Å²) in [7, 11) is 3.89. The van der Waals surface area contributed by atoms with Gasteiger partial charge < -0.3 is 5.32 Å². The Kier molecular flexibility index (Phi) is 3.25. The number of anilines is 1. The molecule has 0 bridgehead atoms. The lowest BCUT2D eigenvalue weighted by molar-refractivity contribution is 0.342. The van der Waals surface area contributed by atoms with E-state index in [2.05, 4.69) is 5.32 Å². The zero-order valence-electron chi connectivity index (χ0n) is 8.21. The monoisotopic (exact) mass is 182 g/mol. The highest BCUT2D eigenvalue weighted by Gasteiger charge is 2.06. The molecule has 3 heteroatoms. The van der Waals surface area contributed by atoms with Gasteiger partial charge in [-0.15, -0.1) is 0 Å². The van der Waals surface area contributed by atoms with E-state index in [9.17, 15) is 4.39 Å². The zero-order chi connectivity index (χ0) is 9.84. The summed E-state index contributed by atoms with van der Waals surface area (Å²) in [5.41, 5.74) is 0.545. The van der Waals surface area contributed by atoms with Crippen LogP contribution in [0.2, 0.25) is 0 Å². The first kappa shape index (κ1) is 9.99. The van der Waals surface area contributed by atoms with Crippen molar-refractivity contribution in [3.8, 4) is 0 Å². The summed E-state index contributed by atoms with van der Waals surface area (Å²) in [6.07, 6.45) is 0.122. The van der Waals surface area contributed by atoms with E-state index in [0.717, 1.165) is 0 Å². The highest BCUT2D eigenvalue weighted by Crippen LogP contribution is 2.13. The molecule has 13 heavy (non-hydrogen) atoms. The van der Waals surface area contributed by atoms with Gasteiger partial charge in [0.05, 0.1) is 11.9 Å². The predicted octanol–water partition coefficient (Wildman–Crippen LogP) is 2.15. The van der Waals surface area contributed by atoms with Crippen LogP contribution in [-0.4, -0.2) is 25.2 Å². The lowest BCUT2D eigenvalue weighted by atomic mass is 10.3. The van der Waals surface area contributed by atoms with Crippen LogP contribution < -0.4 is 5.32 Å². The Bertz CT molecular complexity index is 273. The number of hydrogen-bond acceptors (Lipinski definition) is 2. The quantitative estimate of drug-likeness (QED) is 0.720. The van der Waals surface area contributed by atoms with Gasteiger partial charge in [0.1, 0.15) is 5.82 Å². The Morgan fingerprint density at radius 3 is 2.46 bits per heavy atom. The standard InChI is InChI=1S/C10H15FN2/c1-8(13(2)3)12-10-7-5-4-6-9(10)11/h4-8,12H,1-3H3/t8-/m0/s1. The van der Waals surface area contributed by atoms with Crippen LogP contribution >= 0.6 is 0 Å². The van der Waals surface area contributed by atoms with Crippen molar-refractivity contribution < 1.29 is 4.39 Å². The molecule has 0 heterocycles. The topological polar surface area (TPSA) is 15.3 Å². The molecule has 0 aliphatic heterocycles. The largest absolute Gasteiger partial charge is 0.368 e. The van der Waals surface area contributed by atoms with Gasteiger partial charge in [0.15, 0.2) is 0 Å². The normalized spacial score (nSPS) is 13.0. The molecule has 0 saturated carbocycles. The van der Waals surface area contributed by atoms with Crippen LogP contribution in [0.4, 0.5) is 10.1 Å². The van der Waals surface area contributed by atoms with Crippen LogP contribution in [0, 0.1) is 5.82 Å². The second-order valence-electron chi connectivity index (χ2n) is 3.26. The van der Waals surface area contributed by atoms with Crippen molar-refractivity contribution in [2.24, 2.45) is 0 Å². The smallest absolute Gasteiger partial charge is 0.146 e. The molecule has 0 spiro atoms. The third-order valence-corrected chi connectivity index (χ3v) is 2.01. The number of benzene rings is 1. The van der Waals surface area contributed by atoms with Crippen LogP contribution in [-0.2, 0) is 0 Å². The maximum absolute atomic E-state index is 13.1. The summed E-state index contributed by atoms with van der Waals surface area (Å²) >= 11 is 0. The molecule has 0 unspecified atom stereocenters. The highest BCUT2D eigenvalue weighted by molar-refractivity contribution is 5.44. The fourth-order valence-electron chi connectivity index (χ4n) is 0.932. The number of rotatable bonds is 3. The first-order valence-corrected chi connectivity index (χ1v) is 4.28. The minimum absolute atomic E-state index is 0.122. The molecular formula is C10H15FN2. The van der Waals surface area contributed by atoms with E-state index in [1.165, 1.54) is 6.07 Å². The first-order valence-electron chi connectivity index (χ1n) is 4.28. The van der Waals surface area contributed by atoms with Crippen molar-refractivity contribution in [3.05, 3.63) is 30.1 Å². The zero-order valence-corrected chi connectivity index (χ0v) is 8.21. The van der Waals surface area contributed by atoms with Crippen molar-refractivity contribution in [1.29, 1.82) is 0 Å². The third-order valence-electron chi connectivity index (χ3n) is 2.01. The van der Waals surface area contributed by atoms with Crippen LogP contribution in [0.15, 0.2) is 24.3 Å². The second kappa shape index (κ2) is 4.23. The molecule has 1 atom stereocenters. The van der Waals surface area contributed by atoms with E-state index in [1.807, 2.05) is 32.0 Å². The Morgan fingerprint density at radius 1 is 1.31 bits per heavy atom. The lowest BCUT2D eigenvalue weighted by Crippen LogP contribution is -2.32. The fourth-order valence-corrected chi connectivity index (χ4v) is 0.932. The Balaban J connectivity index is 2.69. The van der Waals surface area contributed by atoms with Gasteiger partial charge in [-0.2, -0.15) is 0 Å². The van der Waals surface area contributed by atoms with Crippen LogP contribution in [0.5, 0.6) is 0 Å². The van der Waals surface area contributed by atoms with Crippen LogP contribution in [0.3, 0.4) is 0 Å². The van der Waals surface area contributed by atoms with Gasteiger partial charge in [-0.3, -0.25) is 4.90 Å². The third kappa shape index (κ3) is 2.70. The predicted molar refractivity (Wildman–Crippen MR) is 53.2 cm³/mol. The molecule has 0 fully saturated rings. The first-order chi connectivity index (χ1) is 6.11. The maximum Gasteiger partial charge on any atom is 0.146 e. The maximum atomic E-state index is 13.1. The molecule has 1 aromatic rings. The Morgan fingerprint density at radius 2 is 1.92 bits per heavy atom. The molecule has 0 aliphatic rings. The molecule has 2 nitrogen and oxygen atoms in total. The Hall–Kier alpha value is -1.09. The van der Waals surface area contributed by atoms with Gasteiger partial charge in [0, 0.05) is 0 Å². The average molecular weight is 182 g/mol. The number of nitrogens with one attached hydrogen (secondary N) is 1. The van der Waals surface area contributed by atoms with Gasteiger partial charge >= 0.3 is 0 Å². The van der Waals surface area contributed by atoms with E-state index in [-0.39, 0.29) is 12.0 Å². The molecule has 0 radical (unpaired) electrons. The summed E-state index contributed by atoms with van der Waals surface area (Å²) in [5.74, 6) is -0.212. The van der Waals surface area contributed by atoms with Crippen LogP contribution in [0.1, 0.15) is 6.92 Å². The van der Waals surface area contributed by atoms with Gasteiger partial charge in [-0.05, 0) is 33.2 Å².